The third-order valence-electron chi connectivity index (χ3n) is 2.68. The van der Waals surface area contributed by atoms with Gasteiger partial charge in [-0.25, -0.2) is 0 Å². The van der Waals surface area contributed by atoms with Gasteiger partial charge >= 0.3 is 0 Å². The van der Waals surface area contributed by atoms with E-state index in [1.165, 1.54) is 0 Å². The molecule has 0 aliphatic carbocycles. The number of nitrogens with zero attached hydrogens (tertiary/aromatic N) is 1. The molecule has 94 valence electrons. The van der Waals surface area contributed by atoms with E-state index >= 15 is 0 Å². The van der Waals surface area contributed by atoms with Gasteiger partial charge in [0.15, 0.2) is 5.78 Å². The van der Waals surface area contributed by atoms with Crippen LogP contribution >= 0.6 is 0 Å². The van der Waals surface area contributed by atoms with Crippen LogP contribution in [0, 0.1) is 6.92 Å². The molecular weight excluding hydrogens is 214 g/mol. The fourth-order valence-electron chi connectivity index (χ4n) is 1.66. The highest BCUT2D eigenvalue weighted by Gasteiger charge is 2.10. The number of likely N-dealkylation sites (N-methyl/N-ethyl adjacent to an activating group) is 1. The number of carbonyl (C=O) groups excluding carboxylic acids is 1. The van der Waals surface area contributed by atoms with Crippen LogP contribution in [0.3, 0.4) is 0 Å². The Balaban J connectivity index is 2.46. The third-order valence-corrected chi connectivity index (χ3v) is 2.68. The zero-order chi connectivity index (χ0) is 12.7. The molecule has 0 aliphatic heterocycles. The number of aryl methyl sites for hydroxylation is 1. The van der Waals surface area contributed by atoms with Gasteiger partial charge in [0.05, 0.1) is 13.2 Å². The second-order valence-corrected chi connectivity index (χ2v) is 4.17. The average Bonchev–Trinajstić information content (AvgIpc) is 2.29. The zero-order valence-electron chi connectivity index (χ0n) is 10.9. The fourth-order valence-corrected chi connectivity index (χ4v) is 1.66. The van der Waals surface area contributed by atoms with Crippen LogP contribution in [-0.2, 0) is 4.74 Å². The maximum Gasteiger partial charge on any atom is 0.177 e. The standard InChI is InChI=1S/C14H21NO2/c1-4-17-10-9-15(3)11-14(16)13-8-6-5-7-12(13)2/h5-8H,4,9-11H2,1-3H3. The molecule has 1 aromatic carbocycles. The Bertz CT molecular complexity index is 363. The molecule has 0 N–H and O–H groups in total. The van der Waals surface area contributed by atoms with Crippen LogP contribution in [0.1, 0.15) is 22.8 Å². The molecule has 0 aliphatic rings. The van der Waals surface area contributed by atoms with Crippen molar-refractivity contribution >= 4 is 5.78 Å². The lowest BCUT2D eigenvalue weighted by atomic mass is 10.0. The summed E-state index contributed by atoms with van der Waals surface area (Å²) in [5.41, 5.74) is 1.85. The van der Waals surface area contributed by atoms with Gasteiger partial charge < -0.3 is 4.74 Å². The van der Waals surface area contributed by atoms with Crippen molar-refractivity contribution in [2.45, 2.75) is 13.8 Å². The molecular formula is C14H21NO2. The minimum absolute atomic E-state index is 0.169. The molecule has 3 nitrogen and oxygen atoms in total. The summed E-state index contributed by atoms with van der Waals surface area (Å²) in [6.07, 6.45) is 0. The zero-order valence-corrected chi connectivity index (χ0v) is 10.9. The first-order valence-corrected chi connectivity index (χ1v) is 6.00. The number of hydrogen-bond acceptors (Lipinski definition) is 3. The lowest BCUT2D eigenvalue weighted by Crippen LogP contribution is -2.29. The molecule has 0 bridgehead atoms. The summed E-state index contributed by atoms with van der Waals surface area (Å²) in [5, 5.41) is 0. The van der Waals surface area contributed by atoms with E-state index in [4.69, 9.17) is 4.74 Å². The smallest absolute Gasteiger partial charge is 0.177 e. The Morgan fingerprint density at radius 3 is 2.71 bits per heavy atom. The molecule has 0 saturated carbocycles. The van der Waals surface area contributed by atoms with Crippen molar-refractivity contribution in [3.63, 3.8) is 0 Å². The highest BCUT2D eigenvalue weighted by atomic mass is 16.5. The summed E-state index contributed by atoms with van der Waals surface area (Å²) in [5.74, 6) is 0.169. The van der Waals surface area contributed by atoms with Crippen molar-refractivity contribution in [2.24, 2.45) is 0 Å². The van der Waals surface area contributed by atoms with Crippen molar-refractivity contribution < 1.29 is 9.53 Å². The molecule has 0 spiro atoms. The topological polar surface area (TPSA) is 29.5 Å². The molecule has 0 aromatic heterocycles. The van der Waals surface area contributed by atoms with Gasteiger partial charge in [-0.3, -0.25) is 9.69 Å². The van der Waals surface area contributed by atoms with Gasteiger partial charge in [-0.2, -0.15) is 0 Å². The average molecular weight is 235 g/mol. The quantitative estimate of drug-likeness (QED) is 0.535. The second kappa shape index (κ2) is 7.20. The lowest BCUT2D eigenvalue weighted by Gasteiger charge is -2.16. The van der Waals surface area contributed by atoms with Crippen LogP contribution in [0.5, 0.6) is 0 Å². The number of hydrogen-bond donors (Lipinski definition) is 0. The largest absolute Gasteiger partial charge is 0.380 e. The van der Waals surface area contributed by atoms with Gasteiger partial charge in [0.2, 0.25) is 0 Å². The SMILES string of the molecule is CCOCCN(C)CC(=O)c1ccccc1C. The predicted octanol–water partition coefficient (Wildman–Crippen LogP) is 2.15. The van der Waals surface area contributed by atoms with Gasteiger partial charge in [-0.05, 0) is 26.5 Å². The number of rotatable bonds is 7. The van der Waals surface area contributed by atoms with E-state index in [2.05, 4.69) is 0 Å². The van der Waals surface area contributed by atoms with Crippen molar-refractivity contribution in [3.8, 4) is 0 Å². The summed E-state index contributed by atoms with van der Waals surface area (Å²) in [6, 6.07) is 7.70. The summed E-state index contributed by atoms with van der Waals surface area (Å²) in [7, 11) is 1.94. The maximum atomic E-state index is 12.0. The van der Waals surface area contributed by atoms with Crippen molar-refractivity contribution in [3.05, 3.63) is 35.4 Å². The summed E-state index contributed by atoms with van der Waals surface area (Å²) < 4.78 is 5.26. The Morgan fingerprint density at radius 2 is 2.06 bits per heavy atom. The van der Waals surface area contributed by atoms with E-state index in [9.17, 15) is 4.79 Å². The Morgan fingerprint density at radius 1 is 1.35 bits per heavy atom. The van der Waals surface area contributed by atoms with Gasteiger partial charge in [-0.1, -0.05) is 24.3 Å². The number of benzene rings is 1. The molecule has 0 saturated heterocycles. The van der Waals surface area contributed by atoms with Gasteiger partial charge in [0.1, 0.15) is 0 Å². The van der Waals surface area contributed by atoms with Gasteiger partial charge in [-0.15, -0.1) is 0 Å². The van der Waals surface area contributed by atoms with Crippen molar-refractivity contribution in [1.82, 2.24) is 4.90 Å². The van der Waals surface area contributed by atoms with E-state index < -0.39 is 0 Å². The van der Waals surface area contributed by atoms with Crippen LogP contribution in [0.15, 0.2) is 24.3 Å². The molecule has 0 fully saturated rings. The second-order valence-electron chi connectivity index (χ2n) is 4.17. The summed E-state index contributed by atoms with van der Waals surface area (Å²) >= 11 is 0. The first-order chi connectivity index (χ1) is 8.15. The molecule has 0 unspecified atom stereocenters. The van der Waals surface area contributed by atoms with Gasteiger partial charge in [0, 0.05) is 18.7 Å². The first-order valence-electron chi connectivity index (χ1n) is 6.00. The van der Waals surface area contributed by atoms with E-state index in [1.807, 2.05) is 50.1 Å². The number of Topliss-reactive ketones (excluding diaryl/α,β-unsaturated/α-hetero) is 1. The molecule has 0 atom stereocenters. The van der Waals surface area contributed by atoms with Crippen LogP contribution in [0.2, 0.25) is 0 Å². The van der Waals surface area contributed by atoms with E-state index in [0.717, 1.165) is 24.3 Å². The highest BCUT2D eigenvalue weighted by Crippen LogP contribution is 2.08. The molecule has 1 rings (SSSR count). The maximum absolute atomic E-state index is 12.0. The Hall–Kier alpha value is -1.19. The first kappa shape index (κ1) is 13.9. The number of ketones is 1. The molecule has 3 heteroatoms. The predicted molar refractivity (Wildman–Crippen MR) is 69.5 cm³/mol. The molecule has 0 heterocycles. The third kappa shape index (κ3) is 4.67. The van der Waals surface area contributed by atoms with Crippen molar-refractivity contribution in [1.29, 1.82) is 0 Å². The number of carbonyl (C=O) groups is 1. The van der Waals surface area contributed by atoms with E-state index in [1.54, 1.807) is 0 Å². The normalized spacial score (nSPS) is 10.8. The Kier molecular flexibility index (Phi) is 5.87. The molecule has 17 heavy (non-hydrogen) atoms. The van der Waals surface area contributed by atoms with Crippen LogP contribution in [0.25, 0.3) is 0 Å². The molecule has 0 amide bonds. The van der Waals surface area contributed by atoms with E-state index in [-0.39, 0.29) is 5.78 Å². The number of ether oxygens (including phenoxy) is 1. The lowest BCUT2D eigenvalue weighted by molar-refractivity contribution is 0.0896. The van der Waals surface area contributed by atoms with E-state index in [0.29, 0.717) is 13.2 Å². The fraction of sp³-hybridized carbons (Fsp3) is 0.500. The minimum atomic E-state index is 0.169. The monoisotopic (exact) mass is 235 g/mol. The van der Waals surface area contributed by atoms with Gasteiger partial charge in [0.25, 0.3) is 0 Å². The molecule has 1 aromatic rings. The van der Waals surface area contributed by atoms with Crippen LogP contribution in [0.4, 0.5) is 0 Å². The Labute approximate surface area is 103 Å². The van der Waals surface area contributed by atoms with Crippen LogP contribution < -0.4 is 0 Å². The molecule has 0 radical (unpaired) electrons. The minimum Gasteiger partial charge on any atom is -0.380 e. The summed E-state index contributed by atoms with van der Waals surface area (Å²) in [4.78, 5) is 14.0. The summed E-state index contributed by atoms with van der Waals surface area (Å²) in [6.45, 7) is 6.56. The highest BCUT2D eigenvalue weighted by molar-refractivity contribution is 5.98. The van der Waals surface area contributed by atoms with Crippen LogP contribution in [-0.4, -0.2) is 44.0 Å². The van der Waals surface area contributed by atoms with Crippen molar-refractivity contribution in [2.75, 3.05) is 33.4 Å².